The van der Waals surface area contributed by atoms with Crippen LogP contribution in [-0.2, 0) is 4.74 Å². The molecule has 0 amide bonds. The van der Waals surface area contributed by atoms with E-state index in [1.165, 1.54) is 25.7 Å². The average Bonchev–Trinajstić information content (AvgIpc) is 3.24. The van der Waals surface area contributed by atoms with Gasteiger partial charge in [0, 0.05) is 0 Å². The van der Waals surface area contributed by atoms with Gasteiger partial charge in [0.15, 0.2) is 0 Å². The molecule has 212 valence electrons. The second-order valence-corrected chi connectivity index (χ2v) is 14.6. The van der Waals surface area contributed by atoms with E-state index < -0.39 is 0 Å². The molecular formula is C34H52O4. The lowest BCUT2D eigenvalue weighted by Crippen LogP contribution is -2.58. The predicted octanol–water partition coefficient (Wildman–Crippen LogP) is 7.27. The largest absolute Gasteiger partial charge is 0.459 e. The first-order valence-corrected chi connectivity index (χ1v) is 15.7. The normalized spacial score (nSPS) is 42.1. The fourth-order valence-corrected chi connectivity index (χ4v) is 10.1. The average molecular weight is 525 g/mol. The van der Waals surface area contributed by atoms with Crippen LogP contribution in [0.4, 0.5) is 0 Å². The van der Waals surface area contributed by atoms with Crippen LogP contribution < -0.4 is 0 Å². The van der Waals surface area contributed by atoms with E-state index in [0.29, 0.717) is 41.1 Å². The molecule has 4 heteroatoms. The molecule has 2 N–H and O–H groups in total. The van der Waals surface area contributed by atoms with Crippen molar-refractivity contribution in [2.45, 2.75) is 117 Å². The van der Waals surface area contributed by atoms with Crippen LogP contribution in [0, 0.1) is 52.3 Å². The number of aliphatic hydroxyl groups is 2. The highest BCUT2D eigenvalue weighted by atomic mass is 16.5. The van der Waals surface area contributed by atoms with Crippen molar-refractivity contribution in [3.8, 4) is 0 Å². The van der Waals surface area contributed by atoms with E-state index in [4.69, 9.17) is 4.74 Å². The Hall–Kier alpha value is -1.39. The maximum Gasteiger partial charge on any atom is 0.338 e. The molecule has 4 saturated carbocycles. The minimum atomic E-state index is -0.218. The van der Waals surface area contributed by atoms with Crippen LogP contribution in [0.5, 0.6) is 0 Å². The first kappa shape index (κ1) is 28.1. The Labute approximate surface area is 230 Å². The lowest BCUT2D eigenvalue weighted by Gasteiger charge is -2.62. The van der Waals surface area contributed by atoms with E-state index in [1.807, 2.05) is 30.3 Å². The standard InChI is InChI=1S/C34H52O4/c1-21(2)30(38-32(37)23-9-7-6-8-10-23)14-11-22(3)26-12-13-27-31-28(16-18-34(26,27)5)33(4)17-15-25(35)19-24(33)20-29(31)36/h6-10,21-22,24-31,35-36H,11-20H2,1-5H3/t22-,24?,25+,26-,27+,28+,29-,30-,31+,33+,34-/m1/s1. The summed E-state index contributed by atoms with van der Waals surface area (Å²) in [6.07, 6.45) is 10.3. The molecule has 38 heavy (non-hydrogen) atoms. The van der Waals surface area contributed by atoms with Crippen LogP contribution in [0.1, 0.15) is 109 Å². The van der Waals surface area contributed by atoms with Crippen LogP contribution in [-0.4, -0.2) is 34.5 Å². The van der Waals surface area contributed by atoms with E-state index in [2.05, 4.69) is 34.6 Å². The second-order valence-electron chi connectivity index (χ2n) is 14.6. The summed E-state index contributed by atoms with van der Waals surface area (Å²) < 4.78 is 6.01. The van der Waals surface area contributed by atoms with Crippen molar-refractivity contribution in [3.63, 3.8) is 0 Å². The molecular weight excluding hydrogens is 472 g/mol. The summed E-state index contributed by atoms with van der Waals surface area (Å²) in [6, 6.07) is 9.35. The number of hydrogen-bond donors (Lipinski definition) is 2. The highest BCUT2D eigenvalue weighted by Crippen LogP contribution is 2.68. The molecule has 1 aromatic carbocycles. The van der Waals surface area contributed by atoms with E-state index >= 15 is 0 Å². The van der Waals surface area contributed by atoms with Gasteiger partial charge in [-0.1, -0.05) is 52.8 Å². The number of esters is 1. The van der Waals surface area contributed by atoms with Crippen molar-refractivity contribution in [2.75, 3.05) is 0 Å². The topological polar surface area (TPSA) is 66.8 Å². The Morgan fingerprint density at radius 3 is 2.32 bits per heavy atom. The van der Waals surface area contributed by atoms with Crippen LogP contribution in [0.2, 0.25) is 0 Å². The minimum absolute atomic E-state index is 0.0652. The van der Waals surface area contributed by atoms with Gasteiger partial charge < -0.3 is 14.9 Å². The minimum Gasteiger partial charge on any atom is -0.459 e. The number of aliphatic hydroxyl groups excluding tert-OH is 2. The Balaban J connectivity index is 1.25. The summed E-state index contributed by atoms with van der Waals surface area (Å²) in [5, 5.41) is 21.9. The first-order chi connectivity index (χ1) is 18.0. The molecule has 0 aliphatic heterocycles. The van der Waals surface area contributed by atoms with Crippen molar-refractivity contribution in [3.05, 3.63) is 35.9 Å². The molecule has 0 saturated heterocycles. The Morgan fingerprint density at radius 1 is 0.921 bits per heavy atom. The fraction of sp³-hybridized carbons (Fsp3) is 0.794. The summed E-state index contributed by atoms with van der Waals surface area (Å²) in [5.41, 5.74) is 1.19. The maximum atomic E-state index is 12.7. The van der Waals surface area contributed by atoms with Crippen LogP contribution in [0.3, 0.4) is 0 Å². The number of fused-ring (bicyclic) bond motifs is 5. The van der Waals surface area contributed by atoms with Gasteiger partial charge in [0.05, 0.1) is 17.8 Å². The molecule has 1 aromatic rings. The number of hydrogen-bond acceptors (Lipinski definition) is 4. The molecule has 0 heterocycles. The summed E-state index contributed by atoms with van der Waals surface area (Å²) >= 11 is 0. The molecule has 1 unspecified atom stereocenters. The Morgan fingerprint density at radius 2 is 1.61 bits per heavy atom. The van der Waals surface area contributed by atoms with Gasteiger partial charge in [-0.2, -0.15) is 0 Å². The molecule has 4 aliphatic rings. The number of ether oxygens (including phenoxy) is 1. The Kier molecular flexibility index (Phi) is 8.06. The summed E-state index contributed by atoms with van der Waals surface area (Å²) in [6.45, 7) is 11.8. The molecule has 0 radical (unpaired) electrons. The second kappa shape index (κ2) is 10.9. The highest BCUT2D eigenvalue weighted by Gasteiger charge is 2.62. The van der Waals surface area contributed by atoms with Crippen LogP contribution in [0.25, 0.3) is 0 Å². The van der Waals surface area contributed by atoms with Gasteiger partial charge in [-0.25, -0.2) is 4.79 Å². The number of rotatable bonds is 7. The predicted molar refractivity (Wildman–Crippen MR) is 151 cm³/mol. The van der Waals surface area contributed by atoms with Gasteiger partial charge in [0.2, 0.25) is 0 Å². The molecule has 0 bridgehead atoms. The van der Waals surface area contributed by atoms with Gasteiger partial charge in [-0.05, 0) is 129 Å². The van der Waals surface area contributed by atoms with Crippen molar-refractivity contribution < 1.29 is 19.7 Å². The first-order valence-electron chi connectivity index (χ1n) is 15.7. The highest BCUT2D eigenvalue weighted by molar-refractivity contribution is 5.89. The summed E-state index contributed by atoms with van der Waals surface area (Å²) in [5.74, 6) is 3.40. The van der Waals surface area contributed by atoms with E-state index in [1.54, 1.807) is 0 Å². The third-order valence-corrected chi connectivity index (χ3v) is 12.3. The smallest absolute Gasteiger partial charge is 0.338 e. The van der Waals surface area contributed by atoms with Gasteiger partial charge in [-0.15, -0.1) is 0 Å². The quantitative estimate of drug-likeness (QED) is 0.368. The lowest BCUT2D eigenvalue weighted by atomic mass is 9.43. The van der Waals surface area contributed by atoms with Gasteiger partial charge in [0.1, 0.15) is 6.10 Å². The van der Waals surface area contributed by atoms with Crippen LogP contribution >= 0.6 is 0 Å². The molecule has 0 spiro atoms. The zero-order valence-electron chi connectivity index (χ0n) is 24.4. The van der Waals surface area contributed by atoms with Gasteiger partial charge >= 0.3 is 5.97 Å². The zero-order chi connectivity index (χ0) is 27.2. The fourth-order valence-electron chi connectivity index (χ4n) is 10.1. The molecule has 0 aromatic heterocycles. The van der Waals surface area contributed by atoms with Gasteiger partial charge in [0.25, 0.3) is 0 Å². The van der Waals surface area contributed by atoms with Crippen LogP contribution in [0.15, 0.2) is 30.3 Å². The molecule has 4 aliphatic carbocycles. The van der Waals surface area contributed by atoms with Crippen molar-refractivity contribution in [2.24, 2.45) is 52.3 Å². The van der Waals surface area contributed by atoms with Crippen molar-refractivity contribution >= 4 is 5.97 Å². The molecule has 5 rings (SSSR count). The summed E-state index contributed by atoms with van der Waals surface area (Å²) in [4.78, 5) is 12.7. The van der Waals surface area contributed by atoms with Crippen molar-refractivity contribution in [1.82, 2.24) is 0 Å². The third-order valence-electron chi connectivity index (χ3n) is 12.3. The number of carbonyl (C=O) groups is 1. The van der Waals surface area contributed by atoms with E-state index in [-0.39, 0.29) is 41.0 Å². The van der Waals surface area contributed by atoms with Gasteiger partial charge in [-0.3, -0.25) is 0 Å². The molecule has 4 fully saturated rings. The maximum absolute atomic E-state index is 12.7. The lowest BCUT2D eigenvalue weighted by molar-refractivity contribution is -0.174. The van der Waals surface area contributed by atoms with Crippen molar-refractivity contribution in [1.29, 1.82) is 0 Å². The monoisotopic (exact) mass is 524 g/mol. The zero-order valence-corrected chi connectivity index (χ0v) is 24.4. The summed E-state index contributed by atoms with van der Waals surface area (Å²) in [7, 11) is 0. The SMILES string of the molecule is CC(C)[C@@H](CC[C@@H](C)[C@H]1CC[C@H]2[C@@H]3[C@H](O)CC4C[C@@H](O)CC[C@]4(C)[C@H]3CC[C@]12C)OC(=O)c1ccccc1. The van der Waals surface area contributed by atoms with E-state index in [0.717, 1.165) is 38.5 Å². The molecule has 4 nitrogen and oxygen atoms in total. The number of carbonyl (C=O) groups excluding carboxylic acids is 1. The third kappa shape index (κ3) is 4.98. The van der Waals surface area contributed by atoms with E-state index in [9.17, 15) is 15.0 Å². The Bertz CT molecular complexity index is 960. The molecule has 11 atom stereocenters. The number of benzene rings is 1.